The van der Waals surface area contributed by atoms with Gasteiger partial charge in [0.05, 0.1) is 19.8 Å². The summed E-state index contributed by atoms with van der Waals surface area (Å²) >= 11 is 0. The molecule has 3 rings (SSSR count). The van der Waals surface area contributed by atoms with Crippen LogP contribution in [0.5, 0.6) is 17.2 Å². The molecule has 1 heterocycles. The van der Waals surface area contributed by atoms with Crippen LogP contribution in [0.3, 0.4) is 0 Å². The maximum Gasteiger partial charge on any atom is 0.129 e. The molecule has 0 aromatic heterocycles. The molecule has 24 heavy (non-hydrogen) atoms. The molecule has 0 spiro atoms. The third-order valence-electron chi connectivity index (χ3n) is 3.94. The SMILES string of the molecule is COc1cccc(OC)c1COc1ccc(C2=NCCCN2)cc1. The molecular weight excluding hydrogens is 304 g/mol. The Morgan fingerprint density at radius 2 is 1.71 bits per heavy atom. The summed E-state index contributed by atoms with van der Waals surface area (Å²) in [6.07, 6.45) is 1.09. The average molecular weight is 326 g/mol. The van der Waals surface area contributed by atoms with Gasteiger partial charge in [-0.25, -0.2) is 0 Å². The predicted octanol–water partition coefficient (Wildman–Crippen LogP) is 3.02. The molecule has 0 aliphatic carbocycles. The van der Waals surface area contributed by atoms with Crippen molar-refractivity contribution in [1.82, 2.24) is 5.32 Å². The number of methoxy groups -OCH3 is 2. The average Bonchev–Trinajstić information content (AvgIpc) is 2.67. The van der Waals surface area contributed by atoms with Crippen molar-refractivity contribution in [2.45, 2.75) is 13.0 Å². The number of aliphatic imine (C=N–C) groups is 1. The van der Waals surface area contributed by atoms with Gasteiger partial charge in [-0.05, 0) is 42.8 Å². The molecule has 1 aliphatic rings. The summed E-state index contributed by atoms with van der Waals surface area (Å²) in [5, 5.41) is 3.32. The summed E-state index contributed by atoms with van der Waals surface area (Å²) in [6.45, 7) is 2.24. The van der Waals surface area contributed by atoms with Gasteiger partial charge < -0.3 is 19.5 Å². The first-order valence-corrected chi connectivity index (χ1v) is 8.03. The molecule has 0 unspecified atom stereocenters. The molecule has 0 saturated carbocycles. The normalized spacial score (nSPS) is 13.7. The van der Waals surface area contributed by atoms with E-state index in [1.54, 1.807) is 14.2 Å². The Balaban J connectivity index is 1.70. The number of hydrogen-bond donors (Lipinski definition) is 1. The molecule has 2 aromatic carbocycles. The lowest BCUT2D eigenvalue weighted by molar-refractivity contribution is 0.286. The van der Waals surface area contributed by atoms with Crippen molar-refractivity contribution in [3.05, 3.63) is 53.6 Å². The van der Waals surface area contributed by atoms with Gasteiger partial charge in [0.2, 0.25) is 0 Å². The zero-order valence-corrected chi connectivity index (χ0v) is 14.0. The molecule has 0 atom stereocenters. The Bertz CT molecular complexity index is 689. The fourth-order valence-electron chi connectivity index (χ4n) is 2.66. The van der Waals surface area contributed by atoms with E-state index in [0.29, 0.717) is 6.61 Å². The van der Waals surface area contributed by atoms with Crippen molar-refractivity contribution in [2.24, 2.45) is 4.99 Å². The first-order chi connectivity index (χ1) is 11.8. The highest BCUT2D eigenvalue weighted by Gasteiger charge is 2.11. The van der Waals surface area contributed by atoms with E-state index >= 15 is 0 Å². The molecule has 0 bridgehead atoms. The van der Waals surface area contributed by atoms with Crippen LogP contribution in [0.1, 0.15) is 17.5 Å². The van der Waals surface area contributed by atoms with Crippen molar-refractivity contribution in [3.63, 3.8) is 0 Å². The van der Waals surface area contributed by atoms with Crippen molar-refractivity contribution in [2.75, 3.05) is 27.3 Å². The highest BCUT2D eigenvalue weighted by Crippen LogP contribution is 2.29. The summed E-state index contributed by atoms with van der Waals surface area (Å²) in [4.78, 5) is 4.50. The van der Waals surface area contributed by atoms with E-state index in [2.05, 4.69) is 10.3 Å². The van der Waals surface area contributed by atoms with Crippen LogP contribution in [0.15, 0.2) is 47.5 Å². The second kappa shape index (κ2) is 7.73. The predicted molar refractivity (Wildman–Crippen MR) is 94.3 cm³/mol. The highest BCUT2D eigenvalue weighted by molar-refractivity contribution is 5.99. The molecular formula is C19H22N2O3. The second-order valence-electron chi connectivity index (χ2n) is 5.46. The minimum Gasteiger partial charge on any atom is -0.496 e. The summed E-state index contributed by atoms with van der Waals surface area (Å²) in [5.74, 6) is 3.26. The van der Waals surface area contributed by atoms with E-state index in [0.717, 1.165) is 53.7 Å². The Morgan fingerprint density at radius 1 is 1.00 bits per heavy atom. The lowest BCUT2D eigenvalue weighted by Gasteiger charge is -2.16. The van der Waals surface area contributed by atoms with Gasteiger partial charge in [-0.1, -0.05) is 6.07 Å². The third-order valence-corrected chi connectivity index (χ3v) is 3.94. The number of amidine groups is 1. The minimum atomic E-state index is 0.381. The van der Waals surface area contributed by atoms with Gasteiger partial charge >= 0.3 is 0 Å². The van der Waals surface area contributed by atoms with E-state index < -0.39 is 0 Å². The molecule has 0 fully saturated rings. The number of nitrogens with zero attached hydrogens (tertiary/aromatic N) is 1. The molecule has 5 heteroatoms. The van der Waals surface area contributed by atoms with Crippen molar-refractivity contribution in [3.8, 4) is 17.2 Å². The monoisotopic (exact) mass is 326 g/mol. The van der Waals surface area contributed by atoms with E-state index in [1.165, 1.54) is 0 Å². The Kier molecular flexibility index (Phi) is 5.21. The molecule has 5 nitrogen and oxygen atoms in total. The lowest BCUT2D eigenvalue weighted by Crippen LogP contribution is -2.30. The van der Waals surface area contributed by atoms with Gasteiger partial charge in [0.25, 0.3) is 0 Å². The lowest BCUT2D eigenvalue weighted by atomic mass is 10.1. The first-order valence-electron chi connectivity index (χ1n) is 8.03. The van der Waals surface area contributed by atoms with Crippen LogP contribution < -0.4 is 19.5 Å². The molecule has 0 amide bonds. The Hall–Kier alpha value is -2.69. The molecule has 1 N–H and O–H groups in total. The van der Waals surface area contributed by atoms with E-state index in [4.69, 9.17) is 14.2 Å². The summed E-state index contributed by atoms with van der Waals surface area (Å²) in [5.41, 5.74) is 1.97. The number of ether oxygens (including phenoxy) is 3. The molecule has 2 aromatic rings. The zero-order valence-electron chi connectivity index (χ0n) is 14.0. The van der Waals surface area contributed by atoms with Crippen LogP contribution in [0.4, 0.5) is 0 Å². The molecule has 0 radical (unpaired) electrons. The number of hydrogen-bond acceptors (Lipinski definition) is 5. The molecule has 1 aliphatic heterocycles. The highest BCUT2D eigenvalue weighted by atomic mass is 16.5. The van der Waals surface area contributed by atoms with Crippen LogP contribution in [0, 0.1) is 0 Å². The van der Waals surface area contributed by atoms with Gasteiger partial charge in [-0.2, -0.15) is 0 Å². The first kappa shape index (κ1) is 16.2. The smallest absolute Gasteiger partial charge is 0.129 e. The van der Waals surface area contributed by atoms with E-state index in [9.17, 15) is 0 Å². The fourth-order valence-corrected chi connectivity index (χ4v) is 2.66. The van der Waals surface area contributed by atoms with Crippen molar-refractivity contribution >= 4 is 5.84 Å². The third kappa shape index (κ3) is 3.62. The summed E-state index contributed by atoms with van der Waals surface area (Å²) in [7, 11) is 3.29. The number of nitrogens with one attached hydrogen (secondary N) is 1. The van der Waals surface area contributed by atoms with Crippen LogP contribution in [-0.4, -0.2) is 33.1 Å². The molecule has 126 valence electrons. The van der Waals surface area contributed by atoms with E-state index in [1.807, 2.05) is 42.5 Å². The summed E-state index contributed by atoms with van der Waals surface area (Å²) in [6, 6.07) is 13.6. The Labute approximate surface area is 142 Å². The molecule has 0 saturated heterocycles. The minimum absolute atomic E-state index is 0.381. The maximum atomic E-state index is 5.90. The van der Waals surface area contributed by atoms with Crippen LogP contribution in [0.25, 0.3) is 0 Å². The number of benzene rings is 2. The Morgan fingerprint density at radius 3 is 2.29 bits per heavy atom. The second-order valence-corrected chi connectivity index (χ2v) is 5.46. The topological polar surface area (TPSA) is 52.1 Å². The quantitative estimate of drug-likeness (QED) is 0.886. The van der Waals surface area contributed by atoms with Gasteiger partial charge in [0, 0.05) is 18.7 Å². The van der Waals surface area contributed by atoms with Gasteiger partial charge in [-0.3, -0.25) is 4.99 Å². The largest absolute Gasteiger partial charge is 0.496 e. The standard InChI is InChI=1S/C19H22N2O3/c1-22-17-5-3-6-18(23-2)16(17)13-24-15-9-7-14(8-10-15)19-20-11-4-12-21-19/h3,5-10H,4,11-13H2,1-2H3,(H,20,21). The van der Waals surface area contributed by atoms with Crippen LogP contribution in [-0.2, 0) is 6.61 Å². The van der Waals surface area contributed by atoms with Crippen molar-refractivity contribution < 1.29 is 14.2 Å². The van der Waals surface area contributed by atoms with Gasteiger partial charge in [0.1, 0.15) is 29.7 Å². The van der Waals surface area contributed by atoms with Crippen LogP contribution >= 0.6 is 0 Å². The maximum absolute atomic E-state index is 5.90. The van der Waals surface area contributed by atoms with Crippen LogP contribution in [0.2, 0.25) is 0 Å². The van der Waals surface area contributed by atoms with E-state index in [-0.39, 0.29) is 0 Å². The van der Waals surface area contributed by atoms with Gasteiger partial charge in [-0.15, -0.1) is 0 Å². The number of rotatable bonds is 6. The van der Waals surface area contributed by atoms with Gasteiger partial charge in [0.15, 0.2) is 0 Å². The van der Waals surface area contributed by atoms with Crippen molar-refractivity contribution in [1.29, 1.82) is 0 Å². The summed E-state index contributed by atoms with van der Waals surface area (Å²) < 4.78 is 16.7. The fraction of sp³-hybridized carbons (Fsp3) is 0.316. The zero-order chi connectivity index (χ0) is 16.8.